The van der Waals surface area contributed by atoms with Crippen LogP contribution < -0.4 is 20.8 Å². The lowest BCUT2D eigenvalue weighted by Crippen LogP contribution is -2.21. The van der Waals surface area contributed by atoms with Gasteiger partial charge >= 0.3 is 0 Å². The van der Waals surface area contributed by atoms with E-state index in [0.717, 1.165) is 22.4 Å². The minimum absolute atomic E-state index is 0.169. The highest BCUT2D eigenvalue weighted by Crippen LogP contribution is 2.35. The molecule has 1 heterocycles. The van der Waals surface area contributed by atoms with Crippen molar-refractivity contribution in [3.8, 4) is 22.9 Å². The maximum atomic E-state index is 13.7. The SMILES string of the molecule is COc1cc(C)c(-c2nc3ccccc3c(=O)n2N=Cc2cc(Cl)cc(Br)c2OCC(N)=O)cc1C(C)C. The van der Waals surface area contributed by atoms with Crippen LogP contribution in [-0.4, -0.2) is 35.5 Å². The topological polar surface area (TPSA) is 109 Å². The minimum atomic E-state index is -0.636. The summed E-state index contributed by atoms with van der Waals surface area (Å²) in [6.45, 7) is 5.73. The second kappa shape index (κ2) is 11.4. The number of methoxy groups -OCH3 is 1. The van der Waals surface area contributed by atoms with Crippen LogP contribution in [0.25, 0.3) is 22.3 Å². The smallest absolute Gasteiger partial charge is 0.282 e. The van der Waals surface area contributed by atoms with Crippen molar-refractivity contribution in [1.29, 1.82) is 0 Å². The standard InChI is InChI=1S/C28H26BrClN4O4/c1-15(2)20-12-21(16(3)9-24(20)37-4)27-33-23-8-6-5-7-19(23)28(36)34(27)32-13-17-10-18(30)11-22(29)26(17)38-14-25(31)35/h5-13,15H,14H2,1-4H3,(H2,31,35). The van der Waals surface area contributed by atoms with E-state index in [9.17, 15) is 9.59 Å². The van der Waals surface area contributed by atoms with Crippen LogP contribution in [0.2, 0.25) is 5.02 Å². The van der Waals surface area contributed by atoms with Gasteiger partial charge in [0.15, 0.2) is 12.4 Å². The molecule has 0 spiro atoms. The number of benzene rings is 3. The first-order valence-corrected chi connectivity index (χ1v) is 12.9. The second-order valence-electron chi connectivity index (χ2n) is 8.94. The number of aryl methyl sites for hydroxylation is 1. The average molecular weight is 598 g/mol. The number of hydrogen-bond acceptors (Lipinski definition) is 6. The molecule has 0 radical (unpaired) electrons. The van der Waals surface area contributed by atoms with Gasteiger partial charge in [-0.05, 0) is 76.3 Å². The monoisotopic (exact) mass is 596 g/mol. The summed E-state index contributed by atoms with van der Waals surface area (Å²) in [5.41, 5.74) is 8.49. The number of aromatic nitrogens is 2. The number of carbonyl (C=O) groups is 1. The molecule has 0 unspecified atom stereocenters. The summed E-state index contributed by atoms with van der Waals surface area (Å²) in [6, 6.07) is 14.3. The summed E-state index contributed by atoms with van der Waals surface area (Å²) in [6.07, 6.45) is 1.44. The van der Waals surface area contributed by atoms with Crippen molar-refractivity contribution >= 4 is 50.6 Å². The van der Waals surface area contributed by atoms with Crippen molar-refractivity contribution in [2.45, 2.75) is 26.7 Å². The molecule has 2 N–H and O–H groups in total. The molecule has 8 nitrogen and oxygen atoms in total. The number of primary amides is 1. The summed E-state index contributed by atoms with van der Waals surface area (Å²) < 4.78 is 12.9. The molecule has 1 amide bonds. The van der Waals surface area contributed by atoms with Crippen molar-refractivity contribution < 1.29 is 14.3 Å². The van der Waals surface area contributed by atoms with E-state index >= 15 is 0 Å². The number of nitrogens with two attached hydrogens (primary N) is 1. The number of carbonyl (C=O) groups excluding carboxylic acids is 1. The first-order valence-electron chi connectivity index (χ1n) is 11.8. The molecule has 0 bridgehead atoms. The molecule has 0 aliphatic heterocycles. The van der Waals surface area contributed by atoms with Gasteiger partial charge in [0.05, 0.1) is 28.7 Å². The Hall–Kier alpha value is -3.69. The minimum Gasteiger partial charge on any atom is -0.496 e. The zero-order valence-electron chi connectivity index (χ0n) is 21.3. The lowest BCUT2D eigenvalue weighted by atomic mass is 9.96. The zero-order chi connectivity index (χ0) is 27.6. The normalized spacial score (nSPS) is 11.4. The van der Waals surface area contributed by atoms with Crippen molar-refractivity contribution in [3.05, 3.63) is 85.1 Å². The molecule has 4 rings (SSSR count). The van der Waals surface area contributed by atoms with Crippen LogP contribution in [0.3, 0.4) is 0 Å². The predicted molar refractivity (Wildman–Crippen MR) is 154 cm³/mol. The van der Waals surface area contributed by atoms with Gasteiger partial charge in [0.1, 0.15) is 11.5 Å². The van der Waals surface area contributed by atoms with E-state index in [4.69, 9.17) is 31.8 Å². The molecule has 3 aromatic carbocycles. The molecule has 1 aromatic heterocycles. The maximum absolute atomic E-state index is 13.7. The first kappa shape index (κ1) is 27.3. The number of rotatable bonds is 8. The Morgan fingerprint density at radius 1 is 1.24 bits per heavy atom. The van der Waals surface area contributed by atoms with E-state index in [0.29, 0.717) is 37.5 Å². The molecular weight excluding hydrogens is 572 g/mol. The fourth-order valence-electron chi connectivity index (χ4n) is 4.06. The van der Waals surface area contributed by atoms with Gasteiger partial charge in [-0.2, -0.15) is 9.78 Å². The van der Waals surface area contributed by atoms with Gasteiger partial charge < -0.3 is 15.2 Å². The van der Waals surface area contributed by atoms with Crippen LogP contribution in [0.1, 0.15) is 36.5 Å². The third-order valence-electron chi connectivity index (χ3n) is 5.90. The van der Waals surface area contributed by atoms with Gasteiger partial charge in [0, 0.05) is 16.1 Å². The van der Waals surface area contributed by atoms with Crippen molar-refractivity contribution in [2.75, 3.05) is 13.7 Å². The zero-order valence-corrected chi connectivity index (χ0v) is 23.6. The Labute approximate surface area is 233 Å². The van der Waals surface area contributed by atoms with Crippen molar-refractivity contribution in [3.63, 3.8) is 0 Å². The number of hydrogen-bond donors (Lipinski definition) is 1. The third kappa shape index (κ3) is 5.58. The van der Waals surface area contributed by atoms with Crippen LogP contribution in [0.15, 0.2) is 62.9 Å². The van der Waals surface area contributed by atoms with Crippen molar-refractivity contribution in [2.24, 2.45) is 10.8 Å². The molecule has 4 aromatic rings. The van der Waals surface area contributed by atoms with Crippen LogP contribution in [0.5, 0.6) is 11.5 Å². The molecule has 10 heteroatoms. The number of fused-ring (bicyclic) bond motifs is 1. The number of para-hydroxylation sites is 1. The summed E-state index contributed by atoms with van der Waals surface area (Å²) in [5.74, 6) is 0.972. The fourth-order valence-corrected chi connectivity index (χ4v) is 5.01. The molecule has 0 aliphatic rings. The van der Waals surface area contributed by atoms with Gasteiger partial charge in [-0.3, -0.25) is 9.59 Å². The second-order valence-corrected chi connectivity index (χ2v) is 10.2. The van der Waals surface area contributed by atoms with Crippen molar-refractivity contribution in [1.82, 2.24) is 9.66 Å². The van der Waals surface area contributed by atoms with Gasteiger partial charge in [-0.25, -0.2) is 4.98 Å². The number of ether oxygens (including phenoxy) is 2. The van der Waals surface area contributed by atoms with E-state index < -0.39 is 5.91 Å². The van der Waals surface area contributed by atoms with E-state index in [-0.39, 0.29) is 18.1 Å². The largest absolute Gasteiger partial charge is 0.496 e. The summed E-state index contributed by atoms with van der Waals surface area (Å²) in [5, 5.41) is 5.36. The Morgan fingerprint density at radius 3 is 2.66 bits per heavy atom. The molecule has 0 atom stereocenters. The molecule has 0 saturated heterocycles. The summed E-state index contributed by atoms with van der Waals surface area (Å²) in [7, 11) is 1.63. The van der Waals surface area contributed by atoms with E-state index in [1.165, 1.54) is 10.9 Å². The number of amides is 1. The highest BCUT2D eigenvalue weighted by molar-refractivity contribution is 9.10. The van der Waals surface area contributed by atoms with Gasteiger partial charge in [0.2, 0.25) is 0 Å². The van der Waals surface area contributed by atoms with Crippen LogP contribution >= 0.6 is 27.5 Å². The fraction of sp³-hybridized carbons (Fsp3) is 0.214. The highest BCUT2D eigenvalue weighted by Gasteiger charge is 2.19. The first-order chi connectivity index (χ1) is 18.1. The van der Waals surface area contributed by atoms with Gasteiger partial charge in [0.25, 0.3) is 11.5 Å². The van der Waals surface area contributed by atoms with Gasteiger partial charge in [-0.1, -0.05) is 37.6 Å². The molecular formula is C28H26BrClN4O4. The number of nitrogens with zero attached hydrogens (tertiary/aromatic N) is 3. The Bertz CT molecular complexity index is 1630. The summed E-state index contributed by atoms with van der Waals surface area (Å²) in [4.78, 5) is 29.8. The molecule has 0 fully saturated rings. The van der Waals surface area contributed by atoms with Crippen LogP contribution in [0, 0.1) is 6.92 Å². The van der Waals surface area contributed by atoms with E-state index in [2.05, 4.69) is 34.9 Å². The highest BCUT2D eigenvalue weighted by atomic mass is 79.9. The molecule has 196 valence electrons. The van der Waals surface area contributed by atoms with E-state index in [1.807, 2.05) is 25.1 Å². The van der Waals surface area contributed by atoms with E-state index in [1.54, 1.807) is 37.4 Å². The Kier molecular flexibility index (Phi) is 8.18. The van der Waals surface area contributed by atoms with Crippen LogP contribution in [0.4, 0.5) is 0 Å². The lowest BCUT2D eigenvalue weighted by molar-refractivity contribution is -0.119. The molecule has 0 aliphatic carbocycles. The van der Waals surface area contributed by atoms with Gasteiger partial charge in [-0.15, -0.1) is 0 Å². The lowest BCUT2D eigenvalue weighted by Gasteiger charge is -2.17. The predicted octanol–water partition coefficient (Wildman–Crippen LogP) is 5.67. The van der Waals surface area contributed by atoms with Crippen LogP contribution in [-0.2, 0) is 4.79 Å². The molecule has 0 saturated carbocycles. The quantitative estimate of drug-likeness (QED) is 0.264. The average Bonchev–Trinajstić information content (AvgIpc) is 2.86. The number of halogens is 2. The Balaban J connectivity index is 1.97. The molecule has 38 heavy (non-hydrogen) atoms. The Morgan fingerprint density at radius 2 is 1.97 bits per heavy atom. The maximum Gasteiger partial charge on any atom is 0.282 e. The summed E-state index contributed by atoms with van der Waals surface area (Å²) >= 11 is 9.67. The third-order valence-corrected chi connectivity index (χ3v) is 6.71.